The monoisotopic (exact) mass is 414 g/mol. The van der Waals surface area contributed by atoms with Crippen LogP contribution in [0.5, 0.6) is 5.75 Å². The number of methoxy groups -OCH3 is 1. The number of hydrogen-bond acceptors (Lipinski definition) is 6. The first-order valence-corrected chi connectivity index (χ1v) is 10.5. The number of nitrogens with zero attached hydrogens (tertiary/aromatic N) is 2. The number of likely N-dealkylation sites (tertiary alicyclic amines) is 2. The Labute approximate surface area is 176 Å². The molecule has 1 aromatic carbocycles. The van der Waals surface area contributed by atoms with Crippen molar-refractivity contribution >= 4 is 16.9 Å². The van der Waals surface area contributed by atoms with Gasteiger partial charge in [0, 0.05) is 37.6 Å². The number of hydrogen-bond donors (Lipinski definition) is 1. The van der Waals surface area contributed by atoms with Crippen LogP contribution in [-0.2, 0) is 11.2 Å². The standard InChI is InChI=1S/C23H30N2O5/c1-15-18-5-4-17(29-3)10-20(18)30-22(28)19(15)11-21(27)25-8-6-23(7-9-25)12-16(26)13-24(2)14-23/h4-5,10,16,26H,6-9,11-14H2,1-3H3. The van der Waals surface area contributed by atoms with Gasteiger partial charge in [0.2, 0.25) is 5.91 Å². The second-order valence-electron chi connectivity index (χ2n) is 8.97. The van der Waals surface area contributed by atoms with E-state index in [9.17, 15) is 14.7 Å². The van der Waals surface area contributed by atoms with Gasteiger partial charge in [-0.3, -0.25) is 4.79 Å². The number of carbonyl (C=O) groups excluding carboxylic acids is 1. The van der Waals surface area contributed by atoms with Crippen LogP contribution in [0.1, 0.15) is 30.4 Å². The van der Waals surface area contributed by atoms with E-state index in [2.05, 4.69) is 4.90 Å². The van der Waals surface area contributed by atoms with Crippen molar-refractivity contribution in [2.45, 2.75) is 38.7 Å². The van der Waals surface area contributed by atoms with Crippen LogP contribution in [0.4, 0.5) is 0 Å². The minimum atomic E-state index is -0.466. The highest BCUT2D eigenvalue weighted by atomic mass is 16.5. The Kier molecular flexibility index (Phi) is 5.59. The Hall–Kier alpha value is -2.38. The summed E-state index contributed by atoms with van der Waals surface area (Å²) in [5.74, 6) is 0.576. The minimum Gasteiger partial charge on any atom is -0.497 e. The number of β-amino-alcohol motifs (C(OH)–C–C–N with tert-alkyl or cyclic N) is 1. The Bertz CT molecular complexity index is 995. The maximum atomic E-state index is 13.0. The average Bonchev–Trinajstić information content (AvgIpc) is 2.70. The summed E-state index contributed by atoms with van der Waals surface area (Å²) in [6.45, 7) is 4.86. The summed E-state index contributed by atoms with van der Waals surface area (Å²) < 4.78 is 10.7. The molecule has 3 heterocycles. The summed E-state index contributed by atoms with van der Waals surface area (Å²) in [5, 5.41) is 11.0. The molecule has 2 fully saturated rings. The first-order chi connectivity index (χ1) is 14.3. The zero-order valence-electron chi connectivity index (χ0n) is 17.9. The SMILES string of the molecule is COc1ccc2c(C)c(CC(=O)N3CCC4(CC3)CC(O)CN(C)C4)c(=O)oc2c1. The lowest BCUT2D eigenvalue weighted by molar-refractivity contribution is -0.134. The third-order valence-corrected chi connectivity index (χ3v) is 6.80. The van der Waals surface area contributed by atoms with Crippen molar-refractivity contribution in [3.63, 3.8) is 0 Å². The van der Waals surface area contributed by atoms with E-state index in [0.29, 0.717) is 36.5 Å². The first kappa shape index (κ1) is 20.9. The molecular formula is C23H30N2O5. The fourth-order valence-electron chi connectivity index (χ4n) is 5.19. The number of rotatable bonds is 3. The Morgan fingerprint density at radius 2 is 2.07 bits per heavy atom. The number of benzene rings is 1. The fraction of sp³-hybridized carbons (Fsp3) is 0.565. The molecule has 7 heteroatoms. The van der Waals surface area contributed by atoms with Crippen LogP contribution in [0.2, 0.25) is 0 Å². The van der Waals surface area contributed by atoms with Gasteiger partial charge >= 0.3 is 5.63 Å². The van der Waals surface area contributed by atoms with E-state index < -0.39 is 5.63 Å². The van der Waals surface area contributed by atoms with Crippen molar-refractivity contribution in [3.05, 3.63) is 39.7 Å². The molecule has 1 amide bonds. The van der Waals surface area contributed by atoms with Gasteiger partial charge < -0.3 is 24.1 Å². The lowest BCUT2D eigenvalue weighted by atomic mass is 9.71. The molecule has 30 heavy (non-hydrogen) atoms. The van der Waals surface area contributed by atoms with Gasteiger partial charge in [0.15, 0.2) is 0 Å². The summed E-state index contributed by atoms with van der Waals surface area (Å²) in [7, 11) is 3.60. The largest absolute Gasteiger partial charge is 0.497 e. The topological polar surface area (TPSA) is 83.2 Å². The number of ether oxygens (including phenoxy) is 1. The van der Waals surface area contributed by atoms with Gasteiger partial charge in [-0.1, -0.05) is 0 Å². The van der Waals surface area contributed by atoms with Crippen molar-refractivity contribution in [1.82, 2.24) is 9.80 Å². The molecule has 0 radical (unpaired) electrons. The van der Waals surface area contributed by atoms with E-state index in [-0.39, 0.29) is 23.8 Å². The van der Waals surface area contributed by atoms with Crippen LogP contribution >= 0.6 is 0 Å². The maximum absolute atomic E-state index is 13.0. The van der Waals surface area contributed by atoms with E-state index in [0.717, 1.165) is 36.8 Å². The second kappa shape index (κ2) is 8.04. The second-order valence-corrected chi connectivity index (χ2v) is 8.97. The predicted molar refractivity (Wildman–Crippen MR) is 114 cm³/mol. The minimum absolute atomic E-state index is 0.0437. The van der Waals surface area contributed by atoms with Gasteiger partial charge in [-0.15, -0.1) is 0 Å². The molecule has 2 aromatic rings. The Balaban J connectivity index is 1.48. The lowest BCUT2D eigenvalue weighted by Crippen LogP contribution is -2.53. The molecule has 0 bridgehead atoms. The highest BCUT2D eigenvalue weighted by Crippen LogP contribution is 2.39. The van der Waals surface area contributed by atoms with Crippen LogP contribution in [0.15, 0.2) is 27.4 Å². The molecular weight excluding hydrogens is 384 g/mol. The average molecular weight is 415 g/mol. The molecule has 1 unspecified atom stereocenters. The normalized spacial score (nSPS) is 21.9. The third-order valence-electron chi connectivity index (χ3n) is 6.80. The number of piperidine rings is 2. The van der Waals surface area contributed by atoms with Crippen molar-refractivity contribution < 1.29 is 19.1 Å². The summed E-state index contributed by atoms with van der Waals surface area (Å²) >= 11 is 0. The van der Waals surface area contributed by atoms with Gasteiger partial charge in [-0.25, -0.2) is 4.79 Å². The molecule has 1 spiro atoms. The number of likely N-dealkylation sites (N-methyl/N-ethyl adjacent to an activating group) is 1. The quantitative estimate of drug-likeness (QED) is 0.773. The highest BCUT2D eigenvalue weighted by molar-refractivity contribution is 5.85. The molecule has 2 aliphatic heterocycles. The molecule has 4 rings (SSSR count). The highest BCUT2D eigenvalue weighted by Gasteiger charge is 2.41. The van der Waals surface area contributed by atoms with E-state index in [1.165, 1.54) is 0 Å². The zero-order chi connectivity index (χ0) is 21.5. The van der Waals surface area contributed by atoms with Crippen LogP contribution in [0.3, 0.4) is 0 Å². The van der Waals surface area contributed by atoms with E-state index in [1.54, 1.807) is 13.2 Å². The van der Waals surface area contributed by atoms with Crippen LogP contribution in [0.25, 0.3) is 11.0 Å². The third kappa shape index (κ3) is 3.96. The smallest absolute Gasteiger partial charge is 0.340 e. The number of aryl methyl sites for hydroxylation is 1. The van der Waals surface area contributed by atoms with Gasteiger partial charge in [0.1, 0.15) is 11.3 Å². The van der Waals surface area contributed by atoms with Crippen molar-refractivity contribution in [2.75, 3.05) is 40.3 Å². The number of carbonyl (C=O) groups is 1. The summed E-state index contributed by atoms with van der Waals surface area (Å²) in [5.41, 5.74) is 1.29. The summed E-state index contributed by atoms with van der Waals surface area (Å²) in [6, 6.07) is 5.37. The number of fused-ring (bicyclic) bond motifs is 1. The van der Waals surface area contributed by atoms with Crippen LogP contribution in [-0.4, -0.2) is 67.3 Å². The van der Waals surface area contributed by atoms with Crippen LogP contribution in [0, 0.1) is 12.3 Å². The van der Waals surface area contributed by atoms with Crippen molar-refractivity contribution in [1.29, 1.82) is 0 Å². The molecule has 1 aromatic heterocycles. The van der Waals surface area contributed by atoms with Gasteiger partial charge in [-0.2, -0.15) is 0 Å². The Morgan fingerprint density at radius 3 is 2.73 bits per heavy atom. The molecule has 0 aliphatic carbocycles. The Morgan fingerprint density at radius 1 is 1.33 bits per heavy atom. The van der Waals surface area contributed by atoms with Crippen molar-refractivity contribution in [2.24, 2.45) is 5.41 Å². The zero-order valence-corrected chi connectivity index (χ0v) is 17.9. The summed E-state index contributed by atoms with van der Waals surface area (Å²) in [6.07, 6.45) is 2.31. The first-order valence-electron chi connectivity index (χ1n) is 10.5. The summed E-state index contributed by atoms with van der Waals surface area (Å²) in [4.78, 5) is 29.6. The molecule has 0 saturated carbocycles. The fourth-order valence-corrected chi connectivity index (χ4v) is 5.19. The predicted octanol–water partition coefficient (Wildman–Crippen LogP) is 1.96. The maximum Gasteiger partial charge on any atom is 0.340 e. The lowest BCUT2D eigenvalue weighted by Gasteiger charge is -2.48. The molecule has 2 saturated heterocycles. The molecule has 2 aliphatic rings. The number of aliphatic hydroxyl groups excluding tert-OH is 1. The van der Waals surface area contributed by atoms with E-state index in [1.807, 2.05) is 31.0 Å². The molecule has 1 atom stereocenters. The van der Waals surface area contributed by atoms with Crippen LogP contribution < -0.4 is 10.4 Å². The molecule has 1 N–H and O–H groups in total. The van der Waals surface area contributed by atoms with Gasteiger partial charge in [0.05, 0.1) is 25.2 Å². The van der Waals surface area contributed by atoms with E-state index in [4.69, 9.17) is 9.15 Å². The van der Waals surface area contributed by atoms with Crippen molar-refractivity contribution in [3.8, 4) is 5.75 Å². The van der Waals surface area contributed by atoms with Gasteiger partial charge in [-0.05, 0) is 56.3 Å². The van der Waals surface area contributed by atoms with E-state index >= 15 is 0 Å². The molecule has 162 valence electrons. The van der Waals surface area contributed by atoms with Gasteiger partial charge in [0.25, 0.3) is 0 Å². The molecule has 7 nitrogen and oxygen atoms in total. The number of amides is 1. The number of aliphatic hydroxyl groups is 1.